The van der Waals surface area contributed by atoms with E-state index in [1.165, 1.54) is 25.7 Å². The molecule has 7 nitrogen and oxygen atoms in total. The summed E-state index contributed by atoms with van der Waals surface area (Å²) in [6.07, 6.45) is 4.86. The van der Waals surface area contributed by atoms with Crippen molar-refractivity contribution in [1.82, 2.24) is 24.5 Å². The molecule has 2 aromatic heterocycles. The molecule has 2 heterocycles. The highest BCUT2D eigenvalue weighted by molar-refractivity contribution is 5.80. The molecule has 1 saturated carbocycles. The minimum Gasteiger partial charge on any atom is -0.368 e. The van der Waals surface area contributed by atoms with Crippen LogP contribution in [0.3, 0.4) is 0 Å². The molecule has 1 aromatic carbocycles. The molecule has 0 atom stereocenters. The second kappa shape index (κ2) is 5.49. The van der Waals surface area contributed by atoms with Gasteiger partial charge in [-0.1, -0.05) is 25.0 Å². The lowest BCUT2D eigenvalue weighted by Crippen LogP contribution is -2.19. The zero-order valence-corrected chi connectivity index (χ0v) is 13.0. The Hall–Kier alpha value is -2.70. The molecule has 4 rings (SSSR count). The number of nitrogen functional groups attached to an aromatic ring is 1. The maximum absolute atomic E-state index is 5.81. The van der Waals surface area contributed by atoms with Crippen LogP contribution in [0.1, 0.15) is 31.5 Å². The molecule has 0 radical (unpaired) electrons. The first-order chi connectivity index (χ1) is 11.2. The van der Waals surface area contributed by atoms with E-state index in [1.54, 1.807) is 0 Å². The molecule has 0 spiro atoms. The lowest BCUT2D eigenvalue weighted by Gasteiger charge is -2.14. The lowest BCUT2D eigenvalue weighted by atomic mass is 10.2. The van der Waals surface area contributed by atoms with Gasteiger partial charge in [-0.2, -0.15) is 15.0 Å². The number of para-hydroxylation sites is 2. The largest absolute Gasteiger partial charge is 0.368 e. The van der Waals surface area contributed by atoms with E-state index in [4.69, 9.17) is 10.7 Å². The van der Waals surface area contributed by atoms with Gasteiger partial charge in [0.1, 0.15) is 5.82 Å². The van der Waals surface area contributed by atoms with Crippen molar-refractivity contribution in [3.05, 3.63) is 30.1 Å². The Balaban J connectivity index is 1.87. The molecule has 118 valence electrons. The molecule has 7 heteroatoms. The van der Waals surface area contributed by atoms with Gasteiger partial charge in [0.2, 0.25) is 17.8 Å². The number of rotatable bonds is 3. The first-order valence-electron chi connectivity index (χ1n) is 7.93. The molecule has 0 amide bonds. The topological polar surface area (TPSA) is 94.5 Å². The second-order valence-corrected chi connectivity index (χ2v) is 5.93. The Bertz CT molecular complexity index is 829. The van der Waals surface area contributed by atoms with Crippen LogP contribution in [0.2, 0.25) is 0 Å². The van der Waals surface area contributed by atoms with E-state index in [9.17, 15) is 0 Å². The number of imidazole rings is 1. The van der Waals surface area contributed by atoms with Gasteiger partial charge in [-0.3, -0.25) is 0 Å². The van der Waals surface area contributed by atoms with Gasteiger partial charge in [-0.05, 0) is 31.9 Å². The third-order valence-corrected chi connectivity index (χ3v) is 4.20. The average molecular weight is 309 g/mol. The number of aromatic nitrogens is 5. The van der Waals surface area contributed by atoms with E-state index >= 15 is 0 Å². The Morgan fingerprint density at radius 3 is 2.65 bits per heavy atom. The summed E-state index contributed by atoms with van der Waals surface area (Å²) in [7, 11) is 0. The van der Waals surface area contributed by atoms with Crippen molar-refractivity contribution in [3.63, 3.8) is 0 Å². The molecule has 0 bridgehead atoms. The van der Waals surface area contributed by atoms with Gasteiger partial charge in [-0.25, -0.2) is 9.55 Å². The van der Waals surface area contributed by atoms with Gasteiger partial charge in [0.05, 0.1) is 11.0 Å². The number of hydrogen-bond donors (Lipinski definition) is 2. The normalized spacial score (nSPS) is 15.3. The van der Waals surface area contributed by atoms with Crippen molar-refractivity contribution in [1.29, 1.82) is 0 Å². The number of anilines is 2. The standard InChI is InChI=1S/C16H19N7/c1-10-18-14(17)22-15(19-10)23-13-9-5-4-8-12(13)21-16(23)20-11-6-2-3-7-11/h4-5,8-9,11H,2-3,6-7H2,1H3,(H,20,21)(H2,17,18,19,22). The van der Waals surface area contributed by atoms with Crippen LogP contribution in [-0.4, -0.2) is 30.5 Å². The van der Waals surface area contributed by atoms with E-state index in [-0.39, 0.29) is 5.95 Å². The first kappa shape index (κ1) is 13.9. The summed E-state index contributed by atoms with van der Waals surface area (Å²) in [6, 6.07) is 8.41. The third kappa shape index (κ3) is 2.58. The highest BCUT2D eigenvalue weighted by atomic mass is 15.3. The first-order valence-corrected chi connectivity index (χ1v) is 7.93. The van der Waals surface area contributed by atoms with Crippen LogP contribution in [0, 0.1) is 6.92 Å². The fraction of sp³-hybridized carbons (Fsp3) is 0.375. The van der Waals surface area contributed by atoms with Crippen LogP contribution in [0.4, 0.5) is 11.9 Å². The second-order valence-electron chi connectivity index (χ2n) is 5.93. The van der Waals surface area contributed by atoms with Gasteiger partial charge in [0.25, 0.3) is 0 Å². The van der Waals surface area contributed by atoms with Crippen molar-refractivity contribution < 1.29 is 0 Å². The highest BCUT2D eigenvalue weighted by Gasteiger charge is 2.20. The molecule has 1 fully saturated rings. The number of hydrogen-bond acceptors (Lipinski definition) is 6. The van der Waals surface area contributed by atoms with Gasteiger partial charge < -0.3 is 11.1 Å². The highest BCUT2D eigenvalue weighted by Crippen LogP contribution is 2.27. The lowest BCUT2D eigenvalue weighted by molar-refractivity contribution is 0.738. The molecule has 23 heavy (non-hydrogen) atoms. The Morgan fingerprint density at radius 1 is 1.09 bits per heavy atom. The van der Waals surface area contributed by atoms with Crippen LogP contribution in [0.5, 0.6) is 0 Å². The summed E-state index contributed by atoms with van der Waals surface area (Å²) in [6.45, 7) is 1.81. The predicted octanol–water partition coefficient (Wildman–Crippen LogP) is 2.46. The quantitative estimate of drug-likeness (QED) is 0.771. The van der Waals surface area contributed by atoms with E-state index in [0.717, 1.165) is 17.0 Å². The summed E-state index contributed by atoms with van der Waals surface area (Å²) < 4.78 is 1.93. The number of aryl methyl sites for hydroxylation is 1. The molecule has 3 aromatic rings. The molecule has 0 aliphatic heterocycles. The van der Waals surface area contributed by atoms with Crippen LogP contribution in [-0.2, 0) is 0 Å². The fourth-order valence-electron chi connectivity index (χ4n) is 3.17. The van der Waals surface area contributed by atoms with Crippen molar-refractivity contribution in [2.24, 2.45) is 0 Å². The average Bonchev–Trinajstić information content (AvgIpc) is 3.13. The maximum Gasteiger partial charge on any atom is 0.242 e. The summed E-state index contributed by atoms with van der Waals surface area (Å²) in [4.78, 5) is 17.5. The molecule has 1 aliphatic carbocycles. The molecule has 0 unspecified atom stereocenters. The predicted molar refractivity (Wildman–Crippen MR) is 89.5 cm³/mol. The van der Waals surface area contributed by atoms with Crippen LogP contribution in [0.25, 0.3) is 17.0 Å². The van der Waals surface area contributed by atoms with E-state index in [1.807, 2.05) is 35.8 Å². The van der Waals surface area contributed by atoms with Crippen molar-refractivity contribution in [2.45, 2.75) is 38.6 Å². The molecule has 3 N–H and O–H groups in total. The molecule has 1 aliphatic rings. The van der Waals surface area contributed by atoms with E-state index in [2.05, 4.69) is 20.3 Å². The molecule has 0 saturated heterocycles. The van der Waals surface area contributed by atoms with Gasteiger partial charge in [-0.15, -0.1) is 0 Å². The van der Waals surface area contributed by atoms with Crippen LogP contribution in [0.15, 0.2) is 24.3 Å². The van der Waals surface area contributed by atoms with Crippen molar-refractivity contribution >= 4 is 22.9 Å². The summed E-state index contributed by atoms with van der Waals surface area (Å²) in [5, 5.41) is 3.55. The van der Waals surface area contributed by atoms with Crippen LogP contribution >= 0.6 is 0 Å². The van der Waals surface area contributed by atoms with Crippen LogP contribution < -0.4 is 11.1 Å². The number of nitrogens with two attached hydrogens (primary N) is 1. The zero-order chi connectivity index (χ0) is 15.8. The minimum atomic E-state index is 0.220. The molecular formula is C16H19N7. The smallest absolute Gasteiger partial charge is 0.242 e. The number of nitrogens with zero attached hydrogens (tertiary/aromatic N) is 5. The fourth-order valence-corrected chi connectivity index (χ4v) is 3.17. The van der Waals surface area contributed by atoms with Crippen molar-refractivity contribution in [3.8, 4) is 5.95 Å². The summed E-state index contributed by atoms with van der Waals surface area (Å²) in [5.41, 5.74) is 7.67. The Morgan fingerprint density at radius 2 is 1.87 bits per heavy atom. The number of benzene rings is 1. The monoisotopic (exact) mass is 309 g/mol. The van der Waals surface area contributed by atoms with Gasteiger partial charge in [0.15, 0.2) is 0 Å². The van der Waals surface area contributed by atoms with Crippen molar-refractivity contribution in [2.75, 3.05) is 11.1 Å². The summed E-state index contributed by atoms with van der Waals surface area (Å²) in [5.74, 6) is 2.08. The molecular weight excluding hydrogens is 290 g/mol. The summed E-state index contributed by atoms with van der Waals surface area (Å²) >= 11 is 0. The van der Waals surface area contributed by atoms with Gasteiger partial charge >= 0.3 is 0 Å². The maximum atomic E-state index is 5.81. The Labute approximate surface area is 134 Å². The number of fused-ring (bicyclic) bond motifs is 1. The van der Waals surface area contributed by atoms with E-state index in [0.29, 0.717) is 17.8 Å². The third-order valence-electron chi connectivity index (χ3n) is 4.20. The Kier molecular flexibility index (Phi) is 3.33. The minimum absolute atomic E-state index is 0.220. The van der Waals surface area contributed by atoms with E-state index < -0.39 is 0 Å². The van der Waals surface area contributed by atoms with Gasteiger partial charge in [0, 0.05) is 6.04 Å². The SMILES string of the molecule is Cc1nc(N)nc(-n2c(NC3CCCC3)nc3ccccc32)n1. The zero-order valence-electron chi connectivity index (χ0n) is 13.0. The number of nitrogens with one attached hydrogen (secondary N) is 1.